The van der Waals surface area contributed by atoms with E-state index in [1.807, 2.05) is 0 Å². The van der Waals surface area contributed by atoms with Crippen molar-refractivity contribution < 1.29 is 22.8 Å². The van der Waals surface area contributed by atoms with E-state index >= 15 is 0 Å². The molecule has 98 valence electrons. The molecule has 0 amide bonds. The second-order valence-electron chi connectivity index (χ2n) is 3.83. The van der Waals surface area contributed by atoms with Crippen LogP contribution in [0.15, 0.2) is 4.52 Å². The van der Waals surface area contributed by atoms with Crippen LogP contribution < -0.4 is 0 Å². The van der Waals surface area contributed by atoms with E-state index in [1.165, 1.54) is 14.0 Å². The summed E-state index contributed by atoms with van der Waals surface area (Å²) in [5, 5.41) is 12.2. The highest BCUT2D eigenvalue weighted by Crippen LogP contribution is 2.17. The van der Waals surface area contributed by atoms with Crippen LogP contribution in [-0.4, -0.2) is 49.7 Å². The molecular formula is C9H16N2O5S. The lowest BCUT2D eigenvalue weighted by atomic mass is 10.3. The molecule has 0 aromatic carbocycles. The molecule has 7 nitrogen and oxygen atoms in total. The van der Waals surface area contributed by atoms with Gasteiger partial charge in [-0.3, -0.25) is 0 Å². The summed E-state index contributed by atoms with van der Waals surface area (Å²) in [6, 6.07) is 0. The lowest BCUT2D eigenvalue weighted by Crippen LogP contribution is -2.17. The van der Waals surface area contributed by atoms with Crippen molar-refractivity contribution in [3.8, 4) is 0 Å². The molecule has 2 unspecified atom stereocenters. The van der Waals surface area contributed by atoms with Gasteiger partial charge in [-0.1, -0.05) is 5.16 Å². The number of sulfone groups is 1. The Morgan fingerprint density at radius 3 is 2.71 bits per heavy atom. The second-order valence-corrected chi connectivity index (χ2v) is 6.20. The molecular weight excluding hydrogens is 248 g/mol. The molecule has 0 saturated heterocycles. The van der Waals surface area contributed by atoms with Crippen molar-refractivity contribution in [1.82, 2.24) is 10.1 Å². The summed E-state index contributed by atoms with van der Waals surface area (Å²) in [6.07, 6.45) is 0.493. The first-order valence-electron chi connectivity index (χ1n) is 5.03. The summed E-state index contributed by atoms with van der Waals surface area (Å²) >= 11 is 0. The summed E-state index contributed by atoms with van der Waals surface area (Å²) in [5.41, 5.74) is 0. The van der Waals surface area contributed by atoms with Gasteiger partial charge in [-0.05, 0) is 6.92 Å². The van der Waals surface area contributed by atoms with Gasteiger partial charge in [0.25, 0.3) is 0 Å². The number of rotatable bonds is 6. The fraction of sp³-hybridized carbons (Fsp3) is 0.778. The van der Waals surface area contributed by atoms with Crippen LogP contribution in [0, 0.1) is 0 Å². The maximum Gasteiger partial charge on any atom is 0.229 e. The zero-order chi connectivity index (χ0) is 13.1. The summed E-state index contributed by atoms with van der Waals surface area (Å²) in [7, 11) is -1.79. The van der Waals surface area contributed by atoms with E-state index in [2.05, 4.69) is 10.1 Å². The van der Waals surface area contributed by atoms with E-state index in [0.717, 1.165) is 6.26 Å². The molecule has 0 aliphatic carbocycles. The van der Waals surface area contributed by atoms with Gasteiger partial charge < -0.3 is 14.4 Å². The van der Waals surface area contributed by atoms with E-state index in [0.29, 0.717) is 0 Å². The molecule has 17 heavy (non-hydrogen) atoms. The number of methoxy groups -OCH3 is 1. The molecule has 0 fully saturated rings. The molecule has 0 spiro atoms. The highest BCUT2D eigenvalue weighted by atomic mass is 32.2. The molecule has 1 heterocycles. The summed E-state index contributed by atoms with van der Waals surface area (Å²) in [5.74, 6) is 0.298. The number of nitrogens with zero attached hydrogens (tertiary/aromatic N) is 2. The maximum atomic E-state index is 11.3. The number of ether oxygens (including phenoxy) is 1. The van der Waals surface area contributed by atoms with Crippen LogP contribution >= 0.6 is 0 Å². The van der Waals surface area contributed by atoms with Crippen molar-refractivity contribution in [1.29, 1.82) is 0 Å². The molecule has 0 bridgehead atoms. The first-order chi connectivity index (χ1) is 7.84. The molecule has 8 heteroatoms. The van der Waals surface area contributed by atoms with Crippen molar-refractivity contribution in [3.05, 3.63) is 11.7 Å². The quantitative estimate of drug-likeness (QED) is 0.754. The third-order valence-corrected chi connectivity index (χ3v) is 3.75. The lowest BCUT2D eigenvalue weighted by Gasteiger charge is -2.05. The van der Waals surface area contributed by atoms with Crippen LogP contribution in [0.3, 0.4) is 0 Å². The van der Waals surface area contributed by atoms with E-state index in [1.54, 1.807) is 0 Å². The Bertz CT molecular complexity index is 456. The third-order valence-electron chi connectivity index (χ3n) is 2.26. The average Bonchev–Trinajstić information content (AvgIpc) is 2.63. The largest absolute Gasteiger partial charge is 0.390 e. The fourth-order valence-corrected chi connectivity index (χ4v) is 1.64. The van der Waals surface area contributed by atoms with Crippen LogP contribution in [0.25, 0.3) is 0 Å². The predicted octanol–water partition coefficient (Wildman–Crippen LogP) is -0.275. The first kappa shape index (κ1) is 14.1. The second kappa shape index (κ2) is 5.56. The summed E-state index contributed by atoms with van der Waals surface area (Å²) in [4.78, 5) is 3.93. The molecule has 1 rings (SSSR count). The van der Waals surface area contributed by atoms with Gasteiger partial charge in [0.1, 0.15) is 5.25 Å². The maximum absolute atomic E-state index is 11.3. The minimum atomic E-state index is -3.25. The topological polar surface area (TPSA) is 103 Å². The molecule has 0 radical (unpaired) electrons. The van der Waals surface area contributed by atoms with Crippen molar-refractivity contribution >= 4 is 9.84 Å². The van der Waals surface area contributed by atoms with Gasteiger partial charge in [0.2, 0.25) is 5.89 Å². The van der Waals surface area contributed by atoms with Crippen molar-refractivity contribution in [2.24, 2.45) is 0 Å². The minimum absolute atomic E-state index is 0.104. The monoisotopic (exact) mass is 264 g/mol. The summed E-state index contributed by atoms with van der Waals surface area (Å²) in [6.45, 7) is 1.63. The molecule has 0 aliphatic heterocycles. The molecule has 0 aliphatic rings. The van der Waals surface area contributed by atoms with Crippen molar-refractivity contribution in [3.63, 3.8) is 0 Å². The molecule has 0 saturated carbocycles. The Morgan fingerprint density at radius 2 is 2.18 bits per heavy atom. The van der Waals surface area contributed by atoms with E-state index < -0.39 is 21.2 Å². The van der Waals surface area contributed by atoms with Crippen molar-refractivity contribution in [2.45, 2.75) is 24.7 Å². The number of aliphatic hydroxyl groups excluding tert-OH is 1. The van der Waals surface area contributed by atoms with Crippen LogP contribution in [0.2, 0.25) is 0 Å². The molecule has 1 aromatic rings. The van der Waals surface area contributed by atoms with Gasteiger partial charge >= 0.3 is 0 Å². The van der Waals surface area contributed by atoms with Crippen LogP contribution in [0.4, 0.5) is 0 Å². The first-order valence-corrected chi connectivity index (χ1v) is 6.98. The van der Waals surface area contributed by atoms with E-state index in [4.69, 9.17) is 9.26 Å². The van der Waals surface area contributed by atoms with Gasteiger partial charge in [-0.15, -0.1) is 0 Å². The van der Waals surface area contributed by atoms with E-state index in [9.17, 15) is 13.5 Å². The number of aromatic nitrogens is 2. The predicted molar refractivity (Wildman–Crippen MR) is 59.1 cm³/mol. The molecule has 1 N–H and O–H groups in total. The Kier molecular flexibility index (Phi) is 4.61. The smallest absolute Gasteiger partial charge is 0.229 e. The minimum Gasteiger partial charge on any atom is -0.390 e. The Hall–Kier alpha value is -0.990. The zero-order valence-electron chi connectivity index (χ0n) is 9.95. The number of hydrogen-bond acceptors (Lipinski definition) is 7. The SMILES string of the molecule is COCC(O)Cc1nc(C(C)S(C)(=O)=O)no1. The van der Waals surface area contributed by atoms with Gasteiger partial charge in [-0.25, -0.2) is 8.42 Å². The Morgan fingerprint density at radius 1 is 1.53 bits per heavy atom. The number of hydrogen-bond donors (Lipinski definition) is 1. The normalized spacial score (nSPS) is 15.8. The highest BCUT2D eigenvalue weighted by molar-refractivity contribution is 7.90. The van der Waals surface area contributed by atoms with Crippen LogP contribution in [-0.2, 0) is 21.0 Å². The zero-order valence-corrected chi connectivity index (χ0v) is 10.8. The van der Waals surface area contributed by atoms with Gasteiger partial charge in [0, 0.05) is 13.4 Å². The fourth-order valence-electron chi connectivity index (χ4n) is 1.16. The van der Waals surface area contributed by atoms with Gasteiger partial charge in [0.15, 0.2) is 15.7 Å². The van der Waals surface area contributed by atoms with Crippen LogP contribution in [0.1, 0.15) is 23.9 Å². The molecule has 1 aromatic heterocycles. The Labute approximate surface area is 99.7 Å². The standard InChI is InChI=1S/C9H16N2O5S/c1-6(17(3,13)14)9-10-8(16-11-9)4-7(12)5-15-2/h6-7,12H,4-5H2,1-3H3. The van der Waals surface area contributed by atoms with Gasteiger partial charge in [-0.2, -0.15) is 4.98 Å². The molecule has 2 atom stereocenters. The number of aliphatic hydroxyl groups is 1. The van der Waals surface area contributed by atoms with E-state index in [-0.39, 0.29) is 24.7 Å². The Balaban J connectivity index is 2.72. The van der Waals surface area contributed by atoms with Gasteiger partial charge in [0.05, 0.1) is 19.1 Å². The highest BCUT2D eigenvalue weighted by Gasteiger charge is 2.23. The summed E-state index contributed by atoms with van der Waals surface area (Å²) < 4.78 is 32.2. The van der Waals surface area contributed by atoms with Crippen molar-refractivity contribution in [2.75, 3.05) is 20.0 Å². The third kappa shape index (κ3) is 4.06. The lowest BCUT2D eigenvalue weighted by molar-refractivity contribution is 0.0599. The van der Waals surface area contributed by atoms with Crippen LogP contribution in [0.5, 0.6) is 0 Å². The average molecular weight is 264 g/mol.